The quantitative estimate of drug-likeness (QED) is 0.740. The Morgan fingerprint density at radius 3 is 2.70 bits per heavy atom. The minimum absolute atomic E-state index is 0.254. The van der Waals surface area contributed by atoms with Crippen LogP contribution in [0.4, 0.5) is 0 Å². The number of nitrogens with two attached hydrogens (primary N) is 1. The monoisotopic (exact) mass is 283 g/mol. The van der Waals surface area contributed by atoms with E-state index in [0.29, 0.717) is 30.8 Å². The van der Waals surface area contributed by atoms with Crippen LogP contribution in [0, 0.1) is 11.8 Å². The Balaban J connectivity index is 2.41. The summed E-state index contributed by atoms with van der Waals surface area (Å²) in [5.74, 6) is 1.19. The second-order valence-electron chi connectivity index (χ2n) is 6.63. The highest BCUT2D eigenvalue weighted by Gasteiger charge is 2.26. The highest BCUT2D eigenvalue weighted by Crippen LogP contribution is 2.19. The molecule has 0 aliphatic carbocycles. The van der Waals surface area contributed by atoms with Gasteiger partial charge in [-0.05, 0) is 50.7 Å². The van der Waals surface area contributed by atoms with Gasteiger partial charge in [0.1, 0.15) is 0 Å². The molecular formula is C16H33N3O. The molecule has 0 saturated carbocycles. The predicted octanol–water partition coefficient (Wildman–Crippen LogP) is 1.94. The van der Waals surface area contributed by atoms with Crippen LogP contribution in [0.25, 0.3) is 0 Å². The Labute approximate surface area is 124 Å². The van der Waals surface area contributed by atoms with Gasteiger partial charge in [0, 0.05) is 26.1 Å². The zero-order valence-corrected chi connectivity index (χ0v) is 13.8. The molecule has 1 fully saturated rings. The molecule has 1 aliphatic rings. The summed E-state index contributed by atoms with van der Waals surface area (Å²) in [4.78, 5) is 16.7. The maximum Gasteiger partial charge on any atom is 0.222 e. The highest BCUT2D eigenvalue weighted by atomic mass is 16.2. The third kappa shape index (κ3) is 5.41. The summed E-state index contributed by atoms with van der Waals surface area (Å²) in [6.45, 7) is 10.3. The van der Waals surface area contributed by atoms with Gasteiger partial charge in [-0.15, -0.1) is 0 Å². The van der Waals surface area contributed by atoms with Crippen molar-refractivity contribution in [3.8, 4) is 0 Å². The van der Waals surface area contributed by atoms with Gasteiger partial charge in [-0.3, -0.25) is 9.69 Å². The first-order valence-electron chi connectivity index (χ1n) is 8.15. The molecule has 1 saturated heterocycles. The van der Waals surface area contributed by atoms with Gasteiger partial charge in [-0.25, -0.2) is 0 Å². The summed E-state index contributed by atoms with van der Waals surface area (Å²) >= 11 is 0. The first kappa shape index (κ1) is 17.4. The molecule has 2 N–H and O–H groups in total. The van der Waals surface area contributed by atoms with E-state index in [4.69, 9.17) is 5.73 Å². The Kier molecular flexibility index (Phi) is 7.52. The van der Waals surface area contributed by atoms with Crippen LogP contribution in [0.3, 0.4) is 0 Å². The fourth-order valence-electron chi connectivity index (χ4n) is 3.27. The van der Waals surface area contributed by atoms with E-state index in [1.54, 1.807) is 0 Å². The predicted molar refractivity (Wildman–Crippen MR) is 84.5 cm³/mol. The van der Waals surface area contributed by atoms with E-state index in [2.05, 4.69) is 25.7 Å². The van der Waals surface area contributed by atoms with Crippen molar-refractivity contribution < 1.29 is 4.79 Å². The summed E-state index contributed by atoms with van der Waals surface area (Å²) in [7, 11) is 1.94. The Morgan fingerprint density at radius 2 is 2.15 bits per heavy atom. The molecule has 1 aliphatic heterocycles. The molecule has 0 aromatic rings. The van der Waals surface area contributed by atoms with Crippen molar-refractivity contribution in [1.29, 1.82) is 0 Å². The number of rotatable bonds is 8. The molecule has 2 atom stereocenters. The van der Waals surface area contributed by atoms with Gasteiger partial charge in [0.15, 0.2) is 0 Å². The first-order valence-corrected chi connectivity index (χ1v) is 8.15. The van der Waals surface area contributed by atoms with Crippen LogP contribution in [0.1, 0.15) is 46.5 Å². The number of nitrogens with zero attached hydrogens (tertiary/aromatic N) is 2. The van der Waals surface area contributed by atoms with E-state index >= 15 is 0 Å². The number of likely N-dealkylation sites (N-methyl/N-ethyl adjacent to an activating group) is 2. The van der Waals surface area contributed by atoms with Crippen molar-refractivity contribution >= 4 is 5.91 Å². The standard InChI is InChI=1S/C16H33N3O/c1-5-19-8-6-7-15(19)12-18(4)16(20)10-14(11-17)9-13(2)3/h13-15H,5-12,17H2,1-4H3. The highest BCUT2D eigenvalue weighted by molar-refractivity contribution is 5.76. The van der Waals surface area contributed by atoms with Crippen LogP contribution in [0.15, 0.2) is 0 Å². The minimum atomic E-state index is 0.254. The molecule has 1 heterocycles. The van der Waals surface area contributed by atoms with Crippen molar-refractivity contribution in [2.75, 3.05) is 33.2 Å². The van der Waals surface area contributed by atoms with Crippen molar-refractivity contribution in [3.05, 3.63) is 0 Å². The van der Waals surface area contributed by atoms with E-state index < -0.39 is 0 Å². The summed E-state index contributed by atoms with van der Waals surface area (Å²) < 4.78 is 0. The second kappa shape index (κ2) is 8.63. The number of hydrogen-bond acceptors (Lipinski definition) is 3. The van der Waals surface area contributed by atoms with Gasteiger partial charge in [0.2, 0.25) is 5.91 Å². The molecule has 4 nitrogen and oxygen atoms in total. The van der Waals surface area contributed by atoms with E-state index in [-0.39, 0.29) is 5.91 Å². The van der Waals surface area contributed by atoms with Crippen molar-refractivity contribution in [1.82, 2.24) is 9.80 Å². The maximum absolute atomic E-state index is 12.3. The van der Waals surface area contributed by atoms with Crippen LogP contribution in [0.5, 0.6) is 0 Å². The third-order valence-electron chi connectivity index (χ3n) is 4.42. The number of carbonyl (C=O) groups is 1. The third-order valence-corrected chi connectivity index (χ3v) is 4.42. The summed E-state index contributed by atoms with van der Waals surface area (Å²) in [5, 5.41) is 0. The van der Waals surface area contributed by atoms with Gasteiger partial charge in [-0.1, -0.05) is 20.8 Å². The topological polar surface area (TPSA) is 49.6 Å². The first-order chi connectivity index (χ1) is 9.47. The van der Waals surface area contributed by atoms with Crippen molar-refractivity contribution in [2.24, 2.45) is 17.6 Å². The Bertz CT molecular complexity index is 293. The fourth-order valence-corrected chi connectivity index (χ4v) is 3.27. The van der Waals surface area contributed by atoms with Crippen LogP contribution in [-0.4, -0.2) is 55.0 Å². The van der Waals surface area contributed by atoms with Gasteiger partial charge < -0.3 is 10.6 Å². The average molecular weight is 283 g/mol. The summed E-state index contributed by atoms with van der Waals surface area (Å²) in [5.41, 5.74) is 5.80. The molecule has 0 spiro atoms. The normalized spacial score (nSPS) is 21.4. The molecule has 2 unspecified atom stereocenters. The minimum Gasteiger partial charge on any atom is -0.344 e. The summed E-state index contributed by atoms with van der Waals surface area (Å²) in [6, 6.07) is 0.551. The lowest BCUT2D eigenvalue weighted by molar-refractivity contribution is -0.131. The molecule has 0 aromatic heterocycles. The van der Waals surface area contributed by atoms with Crippen LogP contribution in [0.2, 0.25) is 0 Å². The molecule has 1 rings (SSSR count). The molecule has 0 aromatic carbocycles. The molecule has 1 amide bonds. The number of amides is 1. The molecule has 0 bridgehead atoms. The van der Waals surface area contributed by atoms with Crippen LogP contribution < -0.4 is 5.73 Å². The zero-order chi connectivity index (χ0) is 15.1. The van der Waals surface area contributed by atoms with E-state index in [1.165, 1.54) is 19.4 Å². The number of carbonyl (C=O) groups excluding carboxylic acids is 1. The van der Waals surface area contributed by atoms with Crippen molar-refractivity contribution in [2.45, 2.75) is 52.5 Å². The Hall–Kier alpha value is -0.610. The van der Waals surface area contributed by atoms with E-state index in [1.807, 2.05) is 11.9 Å². The number of likely N-dealkylation sites (tertiary alicyclic amines) is 1. The SMILES string of the molecule is CCN1CCCC1CN(C)C(=O)CC(CN)CC(C)C. The molecule has 20 heavy (non-hydrogen) atoms. The molecule has 0 radical (unpaired) electrons. The average Bonchev–Trinajstić information content (AvgIpc) is 2.84. The second-order valence-corrected chi connectivity index (χ2v) is 6.63. The van der Waals surface area contributed by atoms with Gasteiger partial charge in [0.25, 0.3) is 0 Å². The van der Waals surface area contributed by atoms with Gasteiger partial charge in [-0.2, -0.15) is 0 Å². The van der Waals surface area contributed by atoms with Crippen LogP contribution >= 0.6 is 0 Å². The molecular weight excluding hydrogens is 250 g/mol. The van der Waals surface area contributed by atoms with Crippen molar-refractivity contribution in [3.63, 3.8) is 0 Å². The lowest BCUT2D eigenvalue weighted by Crippen LogP contribution is -2.41. The smallest absolute Gasteiger partial charge is 0.222 e. The van der Waals surface area contributed by atoms with Gasteiger partial charge >= 0.3 is 0 Å². The Morgan fingerprint density at radius 1 is 1.45 bits per heavy atom. The summed E-state index contributed by atoms with van der Waals surface area (Å²) in [6.07, 6.45) is 4.13. The molecule has 4 heteroatoms. The lowest BCUT2D eigenvalue weighted by Gasteiger charge is -2.29. The van der Waals surface area contributed by atoms with E-state index in [0.717, 1.165) is 19.5 Å². The molecule has 118 valence electrons. The zero-order valence-electron chi connectivity index (χ0n) is 13.8. The largest absolute Gasteiger partial charge is 0.344 e. The van der Waals surface area contributed by atoms with Crippen LogP contribution in [-0.2, 0) is 4.79 Å². The maximum atomic E-state index is 12.3. The van der Waals surface area contributed by atoms with E-state index in [9.17, 15) is 4.79 Å². The lowest BCUT2D eigenvalue weighted by atomic mass is 9.94. The number of hydrogen-bond donors (Lipinski definition) is 1. The van der Waals surface area contributed by atoms with Gasteiger partial charge in [0.05, 0.1) is 0 Å². The fraction of sp³-hybridized carbons (Fsp3) is 0.938.